The monoisotopic (exact) mass is 448 g/mol. The van der Waals surface area contributed by atoms with Crippen LogP contribution in [0.3, 0.4) is 0 Å². The molecule has 7 nitrogen and oxygen atoms in total. The Labute approximate surface area is 169 Å². The molecule has 9 heteroatoms. The number of ketones is 1. The van der Waals surface area contributed by atoms with E-state index in [1.54, 1.807) is 37.1 Å². The summed E-state index contributed by atoms with van der Waals surface area (Å²) in [6.45, 7) is 0.515. The first-order valence-corrected chi connectivity index (χ1v) is 9.77. The molecule has 140 valence electrons. The molecule has 0 aliphatic rings. The predicted octanol–water partition coefficient (Wildman–Crippen LogP) is 3.48. The second-order valence-electron chi connectivity index (χ2n) is 5.53. The number of thioether (sulfide) groups is 1. The minimum Gasteiger partial charge on any atom is -0.497 e. The van der Waals surface area contributed by atoms with Crippen molar-refractivity contribution in [3.63, 3.8) is 0 Å². The van der Waals surface area contributed by atoms with Crippen LogP contribution in [0.1, 0.15) is 15.9 Å². The first kappa shape index (κ1) is 19.4. The van der Waals surface area contributed by atoms with E-state index in [1.807, 2.05) is 24.3 Å². The van der Waals surface area contributed by atoms with Gasteiger partial charge in [-0.1, -0.05) is 23.9 Å². The average Bonchev–Trinajstić information content (AvgIpc) is 3.13. The number of Topliss-reactive ketones (excluding diaryl/α,β-unsaturated/α-hetero) is 1. The van der Waals surface area contributed by atoms with E-state index in [9.17, 15) is 4.79 Å². The number of carbonyl (C=O) groups is 1. The number of hydrogen-bond donors (Lipinski definition) is 0. The zero-order valence-electron chi connectivity index (χ0n) is 14.8. The molecule has 0 N–H and O–H groups in total. The fraction of sp³-hybridized carbons (Fsp3) is 0.222. The summed E-state index contributed by atoms with van der Waals surface area (Å²) in [4.78, 5) is 12.5. The third-order valence-electron chi connectivity index (χ3n) is 3.80. The van der Waals surface area contributed by atoms with Gasteiger partial charge in [0.25, 0.3) is 0 Å². The van der Waals surface area contributed by atoms with Crippen LogP contribution in [0.2, 0.25) is 0 Å². The second-order valence-corrected chi connectivity index (χ2v) is 7.33. The highest BCUT2D eigenvalue weighted by atomic mass is 79.9. The summed E-state index contributed by atoms with van der Waals surface area (Å²) in [7, 11) is 3.21. The van der Waals surface area contributed by atoms with Gasteiger partial charge in [-0.15, -0.1) is 5.10 Å². The Morgan fingerprint density at radius 3 is 2.59 bits per heavy atom. The number of hydrogen-bond acceptors (Lipinski definition) is 7. The number of methoxy groups -OCH3 is 2. The van der Waals surface area contributed by atoms with Gasteiger partial charge in [-0.3, -0.25) is 4.79 Å². The zero-order valence-corrected chi connectivity index (χ0v) is 17.2. The summed E-state index contributed by atoms with van der Waals surface area (Å²) >= 11 is 4.70. The maximum absolute atomic E-state index is 12.5. The Kier molecular flexibility index (Phi) is 6.46. The lowest BCUT2D eigenvalue weighted by Crippen LogP contribution is -2.07. The number of ether oxygens (including phenoxy) is 2. The van der Waals surface area contributed by atoms with Gasteiger partial charge in [-0.05, 0) is 62.3 Å². The SMILES string of the molecule is COc1ccc(Cn2nnnc2SCC(=O)c2ccc(OC)c(Br)c2)cc1. The molecule has 1 aromatic heterocycles. The summed E-state index contributed by atoms with van der Waals surface area (Å²) < 4.78 is 12.8. The van der Waals surface area contributed by atoms with Crippen LogP contribution in [-0.2, 0) is 6.54 Å². The van der Waals surface area contributed by atoms with E-state index in [4.69, 9.17) is 9.47 Å². The smallest absolute Gasteiger partial charge is 0.210 e. The van der Waals surface area contributed by atoms with Crippen molar-refractivity contribution in [2.45, 2.75) is 11.7 Å². The van der Waals surface area contributed by atoms with Gasteiger partial charge in [0.2, 0.25) is 5.16 Å². The lowest BCUT2D eigenvalue weighted by Gasteiger charge is -2.07. The maximum atomic E-state index is 12.5. The van der Waals surface area contributed by atoms with E-state index < -0.39 is 0 Å². The first-order chi connectivity index (χ1) is 13.1. The van der Waals surface area contributed by atoms with Gasteiger partial charge in [0.15, 0.2) is 5.78 Å². The molecule has 0 bridgehead atoms. The van der Waals surface area contributed by atoms with Gasteiger partial charge in [0.05, 0.1) is 31.0 Å². The van der Waals surface area contributed by atoms with Crippen LogP contribution < -0.4 is 9.47 Å². The molecule has 3 aromatic rings. The number of rotatable bonds is 8. The van der Waals surface area contributed by atoms with E-state index in [0.717, 1.165) is 15.8 Å². The Morgan fingerprint density at radius 1 is 1.15 bits per heavy atom. The maximum Gasteiger partial charge on any atom is 0.210 e. The average molecular weight is 449 g/mol. The molecule has 1 heterocycles. The van der Waals surface area contributed by atoms with Crippen LogP contribution >= 0.6 is 27.7 Å². The van der Waals surface area contributed by atoms with E-state index in [2.05, 4.69) is 31.5 Å². The van der Waals surface area contributed by atoms with Crippen molar-refractivity contribution >= 4 is 33.5 Å². The van der Waals surface area contributed by atoms with Crippen LogP contribution in [0.4, 0.5) is 0 Å². The molecule has 3 rings (SSSR count). The van der Waals surface area contributed by atoms with Crippen molar-refractivity contribution in [3.8, 4) is 11.5 Å². The Hall–Kier alpha value is -2.39. The Balaban J connectivity index is 1.64. The normalized spacial score (nSPS) is 10.6. The molecule has 0 unspecified atom stereocenters. The van der Waals surface area contributed by atoms with Gasteiger partial charge in [-0.25, -0.2) is 4.68 Å². The third kappa shape index (κ3) is 4.86. The molecule has 0 aliphatic heterocycles. The van der Waals surface area contributed by atoms with E-state index in [-0.39, 0.29) is 11.5 Å². The molecular formula is C18H17BrN4O3S. The Morgan fingerprint density at radius 2 is 1.93 bits per heavy atom. The summed E-state index contributed by atoms with van der Waals surface area (Å²) in [5.74, 6) is 1.70. The molecule has 0 radical (unpaired) electrons. The number of aromatic nitrogens is 4. The van der Waals surface area contributed by atoms with E-state index in [1.165, 1.54) is 11.8 Å². The van der Waals surface area contributed by atoms with Gasteiger partial charge >= 0.3 is 0 Å². The number of carbonyl (C=O) groups excluding carboxylic acids is 1. The Bertz CT molecular complexity index is 931. The zero-order chi connectivity index (χ0) is 19.2. The fourth-order valence-corrected chi connectivity index (χ4v) is 3.67. The lowest BCUT2D eigenvalue weighted by molar-refractivity contribution is 0.102. The van der Waals surface area contributed by atoms with Crippen LogP contribution in [0, 0.1) is 0 Å². The quantitative estimate of drug-likeness (QED) is 0.385. The topological polar surface area (TPSA) is 79.1 Å². The van der Waals surface area contributed by atoms with E-state index in [0.29, 0.717) is 23.0 Å². The molecular weight excluding hydrogens is 432 g/mol. The van der Waals surface area contributed by atoms with Crippen molar-refractivity contribution in [1.82, 2.24) is 20.2 Å². The number of tetrazole rings is 1. The van der Waals surface area contributed by atoms with Crippen molar-refractivity contribution in [3.05, 3.63) is 58.1 Å². The number of nitrogens with zero attached hydrogens (tertiary/aromatic N) is 4. The fourth-order valence-electron chi connectivity index (χ4n) is 2.36. The highest BCUT2D eigenvalue weighted by Gasteiger charge is 2.13. The number of benzene rings is 2. The second kappa shape index (κ2) is 9.01. The lowest BCUT2D eigenvalue weighted by atomic mass is 10.1. The highest BCUT2D eigenvalue weighted by Crippen LogP contribution is 2.26. The predicted molar refractivity (Wildman–Crippen MR) is 106 cm³/mol. The number of halogens is 1. The molecule has 0 fully saturated rings. The van der Waals surface area contributed by atoms with Crippen molar-refractivity contribution < 1.29 is 14.3 Å². The van der Waals surface area contributed by atoms with Crippen molar-refractivity contribution in [2.75, 3.05) is 20.0 Å². The first-order valence-electron chi connectivity index (χ1n) is 7.99. The van der Waals surface area contributed by atoms with E-state index >= 15 is 0 Å². The molecule has 27 heavy (non-hydrogen) atoms. The summed E-state index contributed by atoms with van der Waals surface area (Å²) in [5.41, 5.74) is 1.64. The summed E-state index contributed by atoms with van der Waals surface area (Å²) in [6, 6.07) is 12.9. The van der Waals surface area contributed by atoms with Crippen molar-refractivity contribution in [2.24, 2.45) is 0 Å². The van der Waals surface area contributed by atoms with Gasteiger partial charge < -0.3 is 9.47 Å². The summed E-state index contributed by atoms with van der Waals surface area (Å²) in [6.07, 6.45) is 0. The highest BCUT2D eigenvalue weighted by molar-refractivity contribution is 9.10. The standard InChI is InChI=1S/C18H17BrN4O3S/c1-25-14-6-3-12(4-7-14)10-23-18(20-21-22-23)27-11-16(24)13-5-8-17(26-2)15(19)9-13/h3-9H,10-11H2,1-2H3. The molecule has 0 saturated carbocycles. The summed E-state index contributed by atoms with van der Waals surface area (Å²) in [5, 5.41) is 12.3. The molecule has 0 amide bonds. The molecule has 0 saturated heterocycles. The molecule has 2 aromatic carbocycles. The largest absolute Gasteiger partial charge is 0.497 e. The van der Waals surface area contributed by atoms with Crippen molar-refractivity contribution in [1.29, 1.82) is 0 Å². The minimum atomic E-state index is -0.0117. The van der Waals surface area contributed by atoms with Gasteiger partial charge in [0, 0.05) is 5.56 Å². The van der Waals surface area contributed by atoms with Crippen LogP contribution in [0.5, 0.6) is 11.5 Å². The van der Waals surface area contributed by atoms with Crippen LogP contribution in [0.15, 0.2) is 52.1 Å². The molecule has 0 spiro atoms. The van der Waals surface area contributed by atoms with Gasteiger partial charge in [-0.2, -0.15) is 0 Å². The molecule has 0 atom stereocenters. The molecule has 0 aliphatic carbocycles. The van der Waals surface area contributed by atoms with Gasteiger partial charge in [0.1, 0.15) is 11.5 Å². The third-order valence-corrected chi connectivity index (χ3v) is 5.37. The minimum absolute atomic E-state index is 0.0117. The van der Waals surface area contributed by atoms with Crippen LogP contribution in [-0.4, -0.2) is 46.0 Å². The van der Waals surface area contributed by atoms with Crippen LogP contribution in [0.25, 0.3) is 0 Å².